The smallest absolute Gasteiger partial charge is 0.196 e. The van der Waals surface area contributed by atoms with Crippen molar-refractivity contribution in [1.82, 2.24) is 14.8 Å². The molecule has 0 aliphatic carbocycles. The minimum absolute atomic E-state index is 0.0999. The van der Waals surface area contributed by atoms with Crippen molar-refractivity contribution in [3.63, 3.8) is 0 Å². The number of aryl methyl sites for hydroxylation is 2. The Hall–Kier alpha value is -2.40. The van der Waals surface area contributed by atoms with Crippen molar-refractivity contribution < 1.29 is 4.79 Å². The van der Waals surface area contributed by atoms with Crippen LogP contribution in [0.25, 0.3) is 5.69 Å². The van der Waals surface area contributed by atoms with Crippen LogP contribution in [0.2, 0.25) is 0 Å². The summed E-state index contributed by atoms with van der Waals surface area (Å²) >= 11 is 1.42. The highest BCUT2D eigenvalue weighted by Crippen LogP contribution is 2.22. The van der Waals surface area contributed by atoms with Gasteiger partial charge in [0.2, 0.25) is 0 Å². The first-order chi connectivity index (χ1) is 11.7. The maximum Gasteiger partial charge on any atom is 0.196 e. The van der Waals surface area contributed by atoms with Gasteiger partial charge in [-0.25, -0.2) is 0 Å². The predicted octanol–water partition coefficient (Wildman–Crippen LogP) is 4.11. The molecule has 3 aromatic rings. The molecule has 0 unspecified atom stereocenters. The molecule has 0 spiro atoms. The fraction of sp³-hybridized carbons (Fsp3) is 0.211. The minimum atomic E-state index is 0.0999. The number of para-hydroxylation sites is 1. The molecule has 0 saturated carbocycles. The summed E-state index contributed by atoms with van der Waals surface area (Å²) in [5, 5.41) is 9.09. The highest BCUT2D eigenvalue weighted by molar-refractivity contribution is 7.99. The first-order valence-corrected chi connectivity index (χ1v) is 8.90. The third kappa shape index (κ3) is 3.57. The average Bonchev–Trinajstić information content (AvgIpc) is 3.01. The second kappa shape index (κ2) is 7.45. The number of rotatable bonds is 6. The lowest BCUT2D eigenvalue weighted by molar-refractivity contribution is 0.102. The molecule has 0 saturated heterocycles. The molecule has 1 heterocycles. The molecule has 1 aromatic heterocycles. The Labute approximate surface area is 145 Å². The second-order valence-electron chi connectivity index (χ2n) is 5.46. The number of nitrogens with zero attached hydrogens (tertiary/aromatic N) is 3. The van der Waals surface area contributed by atoms with E-state index in [4.69, 9.17) is 0 Å². The monoisotopic (exact) mass is 337 g/mol. The Morgan fingerprint density at radius 1 is 1.04 bits per heavy atom. The SMILES string of the molecule is CCc1ccc(C(=O)CSc2nnc(C)n2-c2ccccc2)cc1. The van der Waals surface area contributed by atoms with Gasteiger partial charge in [-0.3, -0.25) is 9.36 Å². The molecule has 0 atom stereocenters. The van der Waals surface area contributed by atoms with Gasteiger partial charge in [-0.2, -0.15) is 0 Å². The Bertz CT molecular complexity index is 826. The molecule has 0 aliphatic heterocycles. The molecule has 0 aliphatic rings. The molecule has 4 nitrogen and oxygen atoms in total. The number of aromatic nitrogens is 3. The Balaban J connectivity index is 1.74. The van der Waals surface area contributed by atoms with Crippen molar-refractivity contribution in [2.45, 2.75) is 25.4 Å². The third-order valence-electron chi connectivity index (χ3n) is 3.83. The predicted molar refractivity (Wildman–Crippen MR) is 97.0 cm³/mol. The number of carbonyl (C=O) groups is 1. The molecule has 0 bridgehead atoms. The lowest BCUT2D eigenvalue weighted by Crippen LogP contribution is -2.05. The van der Waals surface area contributed by atoms with Crippen LogP contribution in [-0.4, -0.2) is 26.3 Å². The quantitative estimate of drug-likeness (QED) is 0.501. The highest BCUT2D eigenvalue weighted by atomic mass is 32.2. The molecule has 5 heteroatoms. The van der Waals surface area contributed by atoms with E-state index in [1.165, 1.54) is 17.3 Å². The van der Waals surface area contributed by atoms with Crippen LogP contribution in [0.15, 0.2) is 59.8 Å². The van der Waals surface area contributed by atoms with Gasteiger partial charge in [0, 0.05) is 11.3 Å². The van der Waals surface area contributed by atoms with E-state index in [1.807, 2.05) is 66.1 Å². The standard InChI is InChI=1S/C19H19N3OS/c1-3-15-9-11-16(12-10-15)18(23)13-24-19-21-20-14(2)22(19)17-7-5-4-6-8-17/h4-12H,3,13H2,1-2H3. The molecule has 0 amide bonds. The zero-order valence-corrected chi connectivity index (χ0v) is 14.6. The zero-order valence-electron chi connectivity index (χ0n) is 13.8. The summed E-state index contributed by atoms with van der Waals surface area (Å²) in [5.74, 6) is 1.25. The van der Waals surface area contributed by atoms with E-state index in [0.717, 1.165) is 28.7 Å². The van der Waals surface area contributed by atoms with Gasteiger partial charge < -0.3 is 0 Å². The van der Waals surface area contributed by atoms with Gasteiger partial charge in [0.15, 0.2) is 10.9 Å². The number of thioether (sulfide) groups is 1. The largest absolute Gasteiger partial charge is 0.293 e. The molecule has 3 rings (SSSR count). The Kier molecular flexibility index (Phi) is 5.11. The fourth-order valence-electron chi connectivity index (χ4n) is 2.45. The number of Topliss-reactive ketones (excluding diaryl/α,β-unsaturated/α-hetero) is 1. The summed E-state index contributed by atoms with van der Waals surface area (Å²) < 4.78 is 1.97. The number of hydrogen-bond acceptors (Lipinski definition) is 4. The van der Waals surface area contributed by atoms with Crippen LogP contribution in [0.3, 0.4) is 0 Å². The van der Waals surface area contributed by atoms with Gasteiger partial charge >= 0.3 is 0 Å². The molecule has 122 valence electrons. The van der Waals surface area contributed by atoms with Gasteiger partial charge in [-0.05, 0) is 31.0 Å². The average molecular weight is 337 g/mol. The summed E-state index contributed by atoms with van der Waals surface area (Å²) in [6, 6.07) is 17.7. The first kappa shape index (κ1) is 16.5. The van der Waals surface area contributed by atoms with Crippen molar-refractivity contribution in [1.29, 1.82) is 0 Å². The summed E-state index contributed by atoms with van der Waals surface area (Å²) in [4.78, 5) is 12.4. The van der Waals surface area contributed by atoms with Crippen molar-refractivity contribution >= 4 is 17.5 Å². The Morgan fingerprint density at radius 3 is 2.42 bits per heavy atom. The van der Waals surface area contributed by atoms with Crippen LogP contribution in [0.1, 0.15) is 28.7 Å². The third-order valence-corrected chi connectivity index (χ3v) is 4.76. The van der Waals surface area contributed by atoms with E-state index in [0.29, 0.717) is 5.75 Å². The summed E-state index contributed by atoms with van der Waals surface area (Å²) in [6.45, 7) is 4.01. The zero-order chi connectivity index (χ0) is 16.9. The Morgan fingerprint density at radius 2 is 1.75 bits per heavy atom. The summed E-state index contributed by atoms with van der Waals surface area (Å²) in [6.07, 6.45) is 0.975. The van der Waals surface area contributed by atoms with Gasteiger partial charge in [0.05, 0.1) is 5.75 Å². The molecule has 0 radical (unpaired) electrons. The van der Waals surface area contributed by atoms with Crippen molar-refractivity contribution in [3.05, 3.63) is 71.5 Å². The van der Waals surface area contributed by atoms with Crippen molar-refractivity contribution in [2.24, 2.45) is 0 Å². The lowest BCUT2D eigenvalue weighted by atomic mass is 10.1. The number of hydrogen-bond donors (Lipinski definition) is 0. The summed E-state index contributed by atoms with van der Waals surface area (Å²) in [5.41, 5.74) is 2.98. The van der Waals surface area contributed by atoms with Crippen LogP contribution in [0.5, 0.6) is 0 Å². The van der Waals surface area contributed by atoms with Crippen LogP contribution >= 0.6 is 11.8 Å². The highest BCUT2D eigenvalue weighted by Gasteiger charge is 2.14. The molecule has 0 fully saturated rings. The number of benzene rings is 2. The van der Waals surface area contributed by atoms with E-state index >= 15 is 0 Å². The van der Waals surface area contributed by atoms with Crippen LogP contribution in [0.4, 0.5) is 0 Å². The molecular weight excluding hydrogens is 318 g/mol. The van der Waals surface area contributed by atoms with Gasteiger partial charge in [0.25, 0.3) is 0 Å². The van der Waals surface area contributed by atoms with E-state index in [2.05, 4.69) is 17.1 Å². The van der Waals surface area contributed by atoms with Crippen LogP contribution in [0, 0.1) is 6.92 Å². The molecule has 24 heavy (non-hydrogen) atoms. The maximum absolute atomic E-state index is 12.4. The minimum Gasteiger partial charge on any atom is -0.293 e. The van der Waals surface area contributed by atoms with Gasteiger partial charge in [-0.1, -0.05) is 61.2 Å². The molecule has 0 N–H and O–H groups in total. The maximum atomic E-state index is 12.4. The van der Waals surface area contributed by atoms with Gasteiger partial charge in [0.1, 0.15) is 5.82 Å². The van der Waals surface area contributed by atoms with E-state index in [1.54, 1.807) is 0 Å². The topological polar surface area (TPSA) is 47.8 Å². The van der Waals surface area contributed by atoms with E-state index in [9.17, 15) is 4.79 Å². The van der Waals surface area contributed by atoms with E-state index in [-0.39, 0.29) is 5.78 Å². The second-order valence-corrected chi connectivity index (χ2v) is 6.41. The number of carbonyl (C=O) groups excluding carboxylic acids is 1. The lowest BCUT2D eigenvalue weighted by Gasteiger charge is -2.08. The van der Waals surface area contributed by atoms with Crippen molar-refractivity contribution in [2.75, 3.05) is 5.75 Å². The number of ketones is 1. The van der Waals surface area contributed by atoms with Crippen LogP contribution in [-0.2, 0) is 6.42 Å². The van der Waals surface area contributed by atoms with E-state index < -0.39 is 0 Å². The molecular formula is C19H19N3OS. The fourth-order valence-corrected chi connectivity index (χ4v) is 3.34. The first-order valence-electron chi connectivity index (χ1n) is 7.91. The van der Waals surface area contributed by atoms with Crippen LogP contribution < -0.4 is 0 Å². The normalized spacial score (nSPS) is 10.8. The van der Waals surface area contributed by atoms with Gasteiger partial charge in [-0.15, -0.1) is 10.2 Å². The molecule has 2 aromatic carbocycles. The van der Waals surface area contributed by atoms with Crippen molar-refractivity contribution in [3.8, 4) is 5.69 Å². The summed E-state index contributed by atoms with van der Waals surface area (Å²) in [7, 11) is 0.